The van der Waals surface area contributed by atoms with E-state index in [1.165, 1.54) is 4.68 Å². The Morgan fingerprint density at radius 1 is 1.38 bits per heavy atom. The third-order valence-corrected chi connectivity index (χ3v) is 5.37. The number of amides is 2. The summed E-state index contributed by atoms with van der Waals surface area (Å²) < 4.78 is 1.52. The summed E-state index contributed by atoms with van der Waals surface area (Å²) in [6.45, 7) is 0.665. The van der Waals surface area contributed by atoms with Crippen molar-refractivity contribution < 1.29 is 9.59 Å². The predicted octanol–water partition coefficient (Wildman–Crippen LogP) is 1.85. The first-order chi connectivity index (χ1) is 13.6. The van der Waals surface area contributed by atoms with Gasteiger partial charge in [0.1, 0.15) is 17.8 Å². The SMILES string of the molecule is CNC(=O)Cn1ccc(Nc2cc(N3CC[C@@](C#N)(C4CC4)C3=O)ccn2)n1.Cl. The van der Waals surface area contributed by atoms with Crippen LogP contribution < -0.4 is 15.5 Å². The summed E-state index contributed by atoms with van der Waals surface area (Å²) in [4.78, 5) is 30.3. The van der Waals surface area contributed by atoms with Crippen molar-refractivity contribution in [1.29, 1.82) is 5.26 Å². The van der Waals surface area contributed by atoms with Crippen LogP contribution in [0.4, 0.5) is 17.3 Å². The van der Waals surface area contributed by atoms with Crippen LogP contribution in [0.2, 0.25) is 0 Å². The molecule has 2 aliphatic rings. The molecule has 9 nitrogen and oxygen atoms in total. The molecule has 0 unspecified atom stereocenters. The second kappa shape index (κ2) is 8.09. The molecule has 2 aromatic heterocycles. The lowest BCUT2D eigenvalue weighted by molar-refractivity contribution is -0.124. The fourth-order valence-electron chi connectivity index (χ4n) is 3.66. The molecule has 29 heavy (non-hydrogen) atoms. The van der Waals surface area contributed by atoms with Gasteiger partial charge in [-0.3, -0.25) is 14.3 Å². The van der Waals surface area contributed by atoms with Crippen LogP contribution in [0.5, 0.6) is 0 Å². The fraction of sp³-hybridized carbons (Fsp3) is 0.421. The highest BCUT2D eigenvalue weighted by atomic mass is 35.5. The lowest BCUT2D eigenvalue weighted by Gasteiger charge is -2.21. The number of nitrogens with one attached hydrogen (secondary N) is 2. The molecule has 0 bridgehead atoms. The quantitative estimate of drug-likeness (QED) is 0.743. The Labute approximate surface area is 174 Å². The number of pyridine rings is 1. The molecule has 0 aromatic carbocycles. The van der Waals surface area contributed by atoms with E-state index in [2.05, 4.69) is 26.8 Å². The van der Waals surface area contributed by atoms with Crippen molar-refractivity contribution in [3.8, 4) is 6.07 Å². The van der Waals surface area contributed by atoms with Gasteiger partial charge in [0.05, 0.1) is 6.07 Å². The molecule has 10 heteroatoms. The van der Waals surface area contributed by atoms with Crippen molar-refractivity contribution in [2.45, 2.75) is 25.8 Å². The first-order valence-electron chi connectivity index (χ1n) is 9.26. The Kier molecular flexibility index (Phi) is 5.75. The third kappa shape index (κ3) is 3.89. The summed E-state index contributed by atoms with van der Waals surface area (Å²) >= 11 is 0. The number of nitriles is 1. The monoisotopic (exact) mass is 415 g/mol. The van der Waals surface area contributed by atoms with E-state index in [4.69, 9.17) is 0 Å². The van der Waals surface area contributed by atoms with Crippen molar-refractivity contribution >= 4 is 41.5 Å². The maximum atomic E-state index is 13.0. The van der Waals surface area contributed by atoms with Gasteiger partial charge >= 0.3 is 0 Å². The highest BCUT2D eigenvalue weighted by Gasteiger charge is 2.56. The highest BCUT2D eigenvalue weighted by molar-refractivity contribution is 6.02. The summed E-state index contributed by atoms with van der Waals surface area (Å²) in [5.74, 6) is 1.03. The van der Waals surface area contributed by atoms with Crippen LogP contribution >= 0.6 is 12.4 Å². The molecule has 1 aliphatic carbocycles. The smallest absolute Gasteiger partial charge is 0.247 e. The molecule has 3 heterocycles. The van der Waals surface area contributed by atoms with Gasteiger partial charge in [-0.1, -0.05) is 0 Å². The summed E-state index contributed by atoms with van der Waals surface area (Å²) in [7, 11) is 1.57. The van der Waals surface area contributed by atoms with Crippen LogP contribution in [0.3, 0.4) is 0 Å². The number of hydrogen-bond donors (Lipinski definition) is 2. The number of anilines is 3. The number of nitrogens with zero attached hydrogens (tertiary/aromatic N) is 5. The zero-order chi connectivity index (χ0) is 19.7. The molecule has 2 fully saturated rings. The van der Waals surface area contributed by atoms with E-state index in [-0.39, 0.29) is 36.7 Å². The first kappa shape index (κ1) is 20.6. The molecular formula is C19H22ClN7O2. The third-order valence-electron chi connectivity index (χ3n) is 5.37. The summed E-state index contributed by atoms with van der Waals surface area (Å²) in [5, 5.41) is 19.5. The van der Waals surface area contributed by atoms with Gasteiger partial charge < -0.3 is 15.5 Å². The van der Waals surface area contributed by atoms with Crippen molar-refractivity contribution in [2.24, 2.45) is 11.3 Å². The zero-order valence-corrected chi connectivity index (χ0v) is 16.8. The van der Waals surface area contributed by atoms with Crippen LogP contribution in [-0.4, -0.2) is 40.2 Å². The van der Waals surface area contributed by atoms with Crippen molar-refractivity contribution in [1.82, 2.24) is 20.1 Å². The van der Waals surface area contributed by atoms with Gasteiger partial charge in [-0.05, 0) is 31.2 Å². The van der Waals surface area contributed by atoms with Gasteiger partial charge in [-0.2, -0.15) is 10.4 Å². The Morgan fingerprint density at radius 2 is 2.17 bits per heavy atom. The minimum Gasteiger partial charge on any atom is -0.358 e. The van der Waals surface area contributed by atoms with Crippen molar-refractivity contribution in [3.63, 3.8) is 0 Å². The van der Waals surface area contributed by atoms with E-state index < -0.39 is 5.41 Å². The lowest BCUT2D eigenvalue weighted by Crippen LogP contribution is -2.35. The minimum atomic E-state index is -0.866. The molecule has 152 valence electrons. The Bertz CT molecular complexity index is 965. The standard InChI is InChI=1S/C19H21N7O2.ClH/c1-21-17(27)11-25-8-5-15(24-25)23-16-10-14(4-7-22-16)26-9-6-19(12-20,18(26)28)13-2-3-13;/h4-5,7-8,10,13H,2-3,6,9,11H2,1H3,(H,21,27)(H,22,23,24);1H/t19-;/m1./s1. The van der Waals surface area contributed by atoms with Crippen LogP contribution in [-0.2, 0) is 16.1 Å². The molecule has 0 radical (unpaired) electrons. The maximum absolute atomic E-state index is 13.0. The van der Waals surface area contributed by atoms with Gasteiger partial charge in [0.2, 0.25) is 11.8 Å². The molecule has 2 aromatic rings. The molecule has 2 N–H and O–H groups in total. The summed E-state index contributed by atoms with van der Waals surface area (Å²) in [5.41, 5.74) is -0.153. The van der Waals surface area contributed by atoms with E-state index in [0.29, 0.717) is 30.3 Å². The van der Waals surface area contributed by atoms with Gasteiger partial charge in [0.15, 0.2) is 5.82 Å². The van der Waals surface area contributed by atoms with Crippen LogP contribution in [0.15, 0.2) is 30.6 Å². The predicted molar refractivity (Wildman–Crippen MR) is 109 cm³/mol. The second-order valence-corrected chi connectivity index (χ2v) is 7.16. The van der Waals surface area contributed by atoms with Crippen LogP contribution in [0, 0.1) is 22.7 Å². The average molecular weight is 416 g/mol. The van der Waals surface area contributed by atoms with E-state index in [1.54, 1.807) is 42.5 Å². The Morgan fingerprint density at radius 3 is 2.86 bits per heavy atom. The molecule has 2 amide bonds. The average Bonchev–Trinajstić information content (AvgIpc) is 3.38. The van der Waals surface area contributed by atoms with Gasteiger partial charge in [-0.15, -0.1) is 12.4 Å². The molecule has 1 atom stereocenters. The molecule has 1 aliphatic heterocycles. The normalized spacial score (nSPS) is 20.7. The number of aromatic nitrogens is 3. The Hall–Kier alpha value is -3.12. The maximum Gasteiger partial charge on any atom is 0.247 e. The van der Waals surface area contributed by atoms with E-state index in [0.717, 1.165) is 12.8 Å². The topological polar surface area (TPSA) is 116 Å². The van der Waals surface area contributed by atoms with E-state index in [9.17, 15) is 14.9 Å². The molecule has 0 spiro atoms. The van der Waals surface area contributed by atoms with Gasteiger partial charge in [0, 0.05) is 43.8 Å². The van der Waals surface area contributed by atoms with Gasteiger partial charge in [-0.25, -0.2) is 4.98 Å². The molecule has 4 rings (SSSR count). The number of halogens is 1. The van der Waals surface area contributed by atoms with E-state index in [1.807, 2.05) is 0 Å². The molecular weight excluding hydrogens is 394 g/mol. The summed E-state index contributed by atoms with van der Waals surface area (Å²) in [6, 6.07) is 7.59. The number of hydrogen-bond acceptors (Lipinski definition) is 6. The minimum absolute atomic E-state index is 0. The number of likely N-dealkylation sites (N-methyl/N-ethyl adjacent to an activating group) is 1. The fourth-order valence-corrected chi connectivity index (χ4v) is 3.66. The number of carbonyl (C=O) groups excluding carboxylic acids is 2. The number of carbonyl (C=O) groups is 2. The Balaban J connectivity index is 0.00000240. The summed E-state index contributed by atoms with van der Waals surface area (Å²) in [6.07, 6.45) is 5.80. The van der Waals surface area contributed by atoms with Gasteiger partial charge in [0.25, 0.3) is 0 Å². The zero-order valence-electron chi connectivity index (χ0n) is 16.0. The van der Waals surface area contributed by atoms with Crippen molar-refractivity contribution in [2.75, 3.05) is 23.8 Å². The highest BCUT2D eigenvalue weighted by Crippen LogP contribution is 2.51. The molecule has 1 saturated carbocycles. The largest absolute Gasteiger partial charge is 0.358 e. The second-order valence-electron chi connectivity index (χ2n) is 7.16. The first-order valence-corrected chi connectivity index (χ1v) is 9.26. The van der Waals surface area contributed by atoms with E-state index >= 15 is 0 Å². The van der Waals surface area contributed by atoms with Crippen LogP contribution in [0.1, 0.15) is 19.3 Å². The van der Waals surface area contributed by atoms with Crippen molar-refractivity contribution in [3.05, 3.63) is 30.6 Å². The number of rotatable bonds is 6. The lowest BCUT2D eigenvalue weighted by atomic mass is 9.83. The van der Waals surface area contributed by atoms with Crippen LogP contribution in [0.25, 0.3) is 0 Å². The molecule has 1 saturated heterocycles.